The number of nitrogens with zero attached hydrogens (tertiary/aromatic N) is 1. The number of thioether (sulfide) groups is 1. The van der Waals surface area contributed by atoms with E-state index in [0.29, 0.717) is 5.92 Å². The van der Waals surface area contributed by atoms with Gasteiger partial charge in [-0.25, -0.2) is 0 Å². The van der Waals surface area contributed by atoms with E-state index in [4.69, 9.17) is 5.26 Å². The van der Waals surface area contributed by atoms with Crippen molar-refractivity contribution in [1.82, 2.24) is 0 Å². The molecule has 1 rings (SSSR count). The van der Waals surface area contributed by atoms with E-state index in [2.05, 4.69) is 13.0 Å². The zero-order valence-electron chi connectivity index (χ0n) is 5.85. The zero-order valence-corrected chi connectivity index (χ0v) is 6.66. The Morgan fingerprint density at radius 2 is 2.44 bits per heavy atom. The SMILES string of the molecule is CSC1(C#N)CCC1C. The van der Waals surface area contributed by atoms with Crippen LogP contribution in [0.1, 0.15) is 19.8 Å². The maximum Gasteiger partial charge on any atom is 0.105 e. The van der Waals surface area contributed by atoms with Crippen LogP contribution in [-0.2, 0) is 0 Å². The van der Waals surface area contributed by atoms with Gasteiger partial charge in [-0.05, 0) is 25.0 Å². The zero-order chi connectivity index (χ0) is 6.91. The molecule has 0 amide bonds. The van der Waals surface area contributed by atoms with Crippen molar-refractivity contribution in [2.45, 2.75) is 24.5 Å². The lowest BCUT2D eigenvalue weighted by atomic mass is 9.75. The smallest absolute Gasteiger partial charge is 0.105 e. The fraction of sp³-hybridized carbons (Fsp3) is 0.857. The number of nitriles is 1. The van der Waals surface area contributed by atoms with Crippen LogP contribution in [0, 0.1) is 17.2 Å². The van der Waals surface area contributed by atoms with Crippen LogP contribution in [0.25, 0.3) is 0 Å². The summed E-state index contributed by atoms with van der Waals surface area (Å²) in [6.45, 7) is 2.16. The summed E-state index contributed by atoms with van der Waals surface area (Å²) in [6.07, 6.45) is 4.35. The Bertz CT molecular complexity index is 145. The molecule has 2 unspecified atom stereocenters. The molecule has 1 saturated carbocycles. The molecule has 0 bridgehead atoms. The van der Waals surface area contributed by atoms with E-state index >= 15 is 0 Å². The molecule has 0 spiro atoms. The third kappa shape index (κ3) is 0.840. The summed E-state index contributed by atoms with van der Waals surface area (Å²) in [6, 6.07) is 2.38. The summed E-state index contributed by atoms with van der Waals surface area (Å²) in [5, 5.41) is 8.74. The highest BCUT2D eigenvalue weighted by Crippen LogP contribution is 2.46. The van der Waals surface area contributed by atoms with Gasteiger partial charge in [-0.2, -0.15) is 5.26 Å². The molecule has 2 heteroatoms. The first kappa shape index (κ1) is 6.95. The molecule has 0 saturated heterocycles. The summed E-state index contributed by atoms with van der Waals surface area (Å²) in [7, 11) is 0. The van der Waals surface area contributed by atoms with Gasteiger partial charge in [-0.15, -0.1) is 11.8 Å². The van der Waals surface area contributed by atoms with Crippen molar-refractivity contribution < 1.29 is 0 Å². The van der Waals surface area contributed by atoms with Gasteiger partial charge in [-0.1, -0.05) is 6.92 Å². The molecular formula is C7H11NS. The second kappa shape index (κ2) is 2.22. The molecule has 0 N–H and O–H groups in total. The van der Waals surface area contributed by atoms with E-state index in [1.54, 1.807) is 11.8 Å². The molecule has 0 aromatic carbocycles. The van der Waals surface area contributed by atoms with Crippen molar-refractivity contribution in [3.8, 4) is 6.07 Å². The van der Waals surface area contributed by atoms with Crippen molar-refractivity contribution in [3.05, 3.63) is 0 Å². The van der Waals surface area contributed by atoms with E-state index in [1.807, 2.05) is 6.26 Å². The first-order valence-corrected chi connectivity index (χ1v) is 4.44. The Hall–Kier alpha value is -0.160. The minimum Gasteiger partial charge on any atom is -0.197 e. The van der Waals surface area contributed by atoms with Gasteiger partial charge < -0.3 is 0 Å². The predicted molar refractivity (Wildman–Crippen MR) is 40.3 cm³/mol. The van der Waals surface area contributed by atoms with Crippen LogP contribution in [0.15, 0.2) is 0 Å². The summed E-state index contributed by atoms with van der Waals surface area (Å²) in [5.74, 6) is 0.609. The van der Waals surface area contributed by atoms with E-state index in [-0.39, 0.29) is 4.75 Å². The van der Waals surface area contributed by atoms with Gasteiger partial charge in [0.15, 0.2) is 0 Å². The van der Waals surface area contributed by atoms with Gasteiger partial charge in [0.2, 0.25) is 0 Å². The number of rotatable bonds is 1. The van der Waals surface area contributed by atoms with Crippen molar-refractivity contribution in [1.29, 1.82) is 5.26 Å². The van der Waals surface area contributed by atoms with Crippen LogP contribution >= 0.6 is 11.8 Å². The van der Waals surface area contributed by atoms with Crippen LogP contribution < -0.4 is 0 Å². The minimum absolute atomic E-state index is 0.0139. The lowest BCUT2D eigenvalue weighted by Crippen LogP contribution is -2.40. The molecule has 2 atom stereocenters. The minimum atomic E-state index is -0.0139. The van der Waals surface area contributed by atoms with E-state index in [0.717, 1.165) is 6.42 Å². The molecule has 0 heterocycles. The third-order valence-corrected chi connectivity index (χ3v) is 3.72. The third-order valence-electron chi connectivity index (χ3n) is 2.30. The van der Waals surface area contributed by atoms with Crippen LogP contribution in [0.2, 0.25) is 0 Å². The van der Waals surface area contributed by atoms with Crippen molar-refractivity contribution in [3.63, 3.8) is 0 Å². The van der Waals surface area contributed by atoms with E-state index < -0.39 is 0 Å². The van der Waals surface area contributed by atoms with Crippen LogP contribution in [0.3, 0.4) is 0 Å². The fourth-order valence-corrected chi connectivity index (χ4v) is 2.14. The summed E-state index contributed by atoms with van der Waals surface area (Å²) in [4.78, 5) is 0. The summed E-state index contributed by atoms with van der Waals surface area (Å²) >= 11 is 1.71. The molecule has 0 aliphatic heterocycles. The fourth-order valence-electron chi connectivity index (χ4n) is 1.21. The molecule has 50 valence electrons. The van der Waals surface area contributed by atoms with Gasteiger partial charge in [0.05, 0.1) is 6.07 Å². The largest absolute Gasteiger partial charge is 0.197 e. The Morgan fingerprint density at radius 1 is 1.78 bits per heavy atom. The second-order valence-electron chi connectivity index (χ2n) is 2.65. The molecule has 0 aromatic rings. The van der Waals surface area contributed by atoms with Gasteiger partial charge in [0.1, 0.15) is 4.75 Å². The normalized spacial score (nSPS) is 41.2. The molecule has 1 fully saturated rings. The van der Waals surface area contributed by atoms with E-state index in [9.17, 15) is 0 Å². The Kier molecular flexibility index (Phi) is 1.72. The summed E-state index contributed by atoms with van der Waals surface area (Å²) in [5.41, 5.74) is 0. The highest BCUT2D eigenvalue weighted by atomic mass is 32.2. The van der Waals surface area contributed by atoms with Crippen LogP contribution in [0.4, 0.5) is 0 Å². The Labute approximate surface area is 60.4 Å². The lowest BCUT2D eigenvalue weighted by molar-refractivity contribution is 0.297. The average molecular weight is 141 g/mol. The van der Waals surface area contributed by atoms with Gasteiger partial charge >= 0.3 is 0 Å². The highest BCUT2D eigenvalue weighted by Gasteiger charge is 2.43. The Balaban J connectivity index is 2.61. The maximum absolute atomic E-state index is 8.74. The van der Waals surface area contributed by atoms with Crippen LogP contribution in [-0.4, -0.2) is 11.0 Å². The quantitative estimate of drug-likeness (QED) is 0.558. The number of hydrogen-bond donors (Lipinski definition) is 0. The topological polar surface area (TPSA) is 23.8 Å². The first-order valence-electron chi connectivity index (χ1n) is 3.21. The second-order valence-corrected chi connectivity index (χ2v) is 3.78. The molecule has 0 radical (unpaired) electrons. The standard InChI is InChI=1S/C7H11NS/c1-6-3-4-7(6,5-8)9-2/h6H,3-4H2,1-2H3. The predicted octanol–water partition coefficient (Wildman–Crippen LogP) is 2.04. The molecular weight excluding hydrogens is 130 g/mol. The molecule has 1 aliphatic carbocycles. The first-order chi connectivity index (χ1) is 4.25. The average Bonchev–Trinajstić information content (AvgIpc) is 1.89. The maximum atomic E-state index is 8.74. The van der Waals surface area contributed by atoms with Crippen LogP contribution in [0.5, 0.6) is 0 Å². The molecule has 1 nitrogen and oxygen atoms in total. The van der Waals surface area contributed by atoms with Gasteiger partial charge in [-0.3, -0.25) is 0 Å². The summed E-state index contributed by atoms with van der Waals surface area (Å²) < 4.78 is -0.0139. The van der Waals surface area contributed by atoms with E-state index in [1.165, 1.54) is 6.42 Å². The Morgan fingerprint density at radius 3 is 2.44 bits per heavy atom. The van der Waals surface area contributed by atoms with Crippen molar-refractivity contribution in [2.24, 2.45) is 5.92 Å². The highest BCUT2D eigenvalue weighted by molar-refractivity contribution is 8.00. The molecule has 9 heavy (non-hydrogen) atoms. The lowest BCUT2D eigenvalue weighted by Gasteiger charge is -2.40. The van der Waals surface area contributed by atoms with Crippen molar-refractivity contribution in [2.75, 3.05) is 6.26 Å². The molecule has 0 aromatic heterocycles. The van der Waals surface area contributed by atoms with Crippen molar-refractivity contribution >= 4 is 11.8 Å². The van der Waals surface area contributed by atoms with Gasteiger partial charge in [0, 0.05) is 0 Å². The monoisotopic (exact) mass is 141 g/mol. The molecule has 1 aliphatic rings. The van der Waals surface area contributed by atoms with Gasteiger partial charge in [0.25, 0.3) is 0 Å². The number of hydrogen-bond acceptors (Lipinski definition) is 2.